The minimum atomic E-state index is -0.681. The Kier molecular flexibility index (Phi) is 1.91. The molecule has 0 aliphatic carbocycles. The molecule has 0 aliphatic rings. The summed E-state index contributed by atoms with van der Waals surface area (Å²) in [5.74, 6) is -0.915. The van der Waals surface area contributed by atoms with Crippen molar-refractivity contribution in [2.45, 2.75) is 6.92 Å². The minimum absolute atomic E-state index is 0.0538. The largest absolute Gasteiger partial charge is 0.505 e. The molecular weight excluding hydrogens is 156 g/mol. The second-order valence-electron chi connectivity index (χ2n) is 2.56. The van der Waals surface area contributed by atoms with Gasteiger partial charge < -0.3 is 16.6 Å². The second kappa shape index (κ2) is 2.73. The monoisotopic (exact) mass is 166 g/mol. The van der Waals surface area contributed by atoms with Crippen LogP contribution in [0.3, 0.4) is 0 Å². The quantitative estimate of drug-likeness (QED) is 0.416. The van der Waals surface area contributed by atoms with E-state index >= 15 is 0 Å². The first-order valence-electron chi connectivity index (χ1n) is 3.42. The van der Waals surface area contributed by atoms with Gasteiger partial charge >= 0.3 is 0 Å². The molecule has 0 heterocycles. The first-order chi connectivity index (χ1) is 5.54. The first-order valence-corrected chi connectivity index (χ1v) is 3.42. The van der Waals surface area contributed by atoms with Crippen molar-refractivity contribution < 1.29 is 9.90 Å². The van der Waals surface area contributed by atoms with Crippen molar-refractivity contribution in [3.63, 3.8) is 0 Å². The molecule has 0 aromatic heterocycles. The standard InChI is InChI=1S/C8H10N2O2/c1-4-2-3-5(8(10)12)7(11)6(4)9/h2-3,11H,9H2,1H3,(H2,10,12). The Bertz CT molecular complexity index is 334. The molecule has 4 heteroatoms. The molecule has 5 N–H and O–H groups in total. The van der Waals surface area contributed by atoms with E-state index < -0.39 is 5.91 Å². The van der Waals surface area contributed by atoms with Crippen LogP contribution in [0.15, 0.2) is 12.1 Å². The van der Waals surface area contributed by atoms with E-state index in [1.165, 1.54) is 6.07 Å². The van der Waals surface area contributed by atoms with Crippen LogP contribution in [0, 0.1) is 6.92 Å². The smallest absolute Gasteiger partial charge is 0.252 e. The number of aryl methyl sites for hydroxylation is 1. The Morgan fingerprint density at radius 2 is 2.08 bits per heavy atom. The number of carbonyl (C=O) groups excluding carboxylic acids is 1. The molecule has 0 aliphatic heterocycles. The van der Waals surface area contributed by atoms with Crippen LogP contribution in [0.1, 0.15) is 15.9 Å². The van der Waals surface area contributed by atoms with Gasteiger partial charge in [-0.1, -0.05) is 6.07 Å². The van der Waals surface area contributed by atoms with E-state index in [9.17, 15) is 9.90 Å². The number of carbonyl (C=O) groups is 1. The van der Waals surface area contributed by atoms with E-state index in [1.807, 2.05) is 0 Å². The number of nitrogens with two attached hydrogens (primary N) is 2. The van der Waals surface area contributed by atoms with E-state index in [1.54, 1.807) is 13.0 Å². The number of hydrogen-bond donors (Lipinski definition) is 3. The highest BCUT2D eigenvalue weighted by Crippen LogP contribution is 2.27. The average molecular weight is 166 g/mol. The number of benzene rings is 1. The predicted molar refractivity (Wildman–Crippen MR) is 45.8 cm³/mol. The molecule has 12 heavy (non-hydrogen) atoms. The van der Waals surface area contributed by atoms with Crippen molar-refractivity contribution in [2.24, 2.45) is 5.73 Å². The summed E-state index contributed by atoms with van der Waals surface area (Å²) in [6, 6.07) is 3.08. The maximum absolute atomic E-state index is 10.7. The number of nitrogen functional groups attached to an aromatic ring is 1. The van der Waals surface area contributed by atoms with Gasteiger partial charge in [-0.25, -0.2) is 0 Å². The highest BCUT2D eigenvalue weighted by Gasteiger charge is 2.10. The SMILES string of the molecule is Cc1ccc(C(N)=O)c(O)c1N. The molecule has 64 valence electrons. The third-order valence-corrected chi connectivity index (χ3v) is 1.70. The van der Waals surface area contributed by atoms with Gasteiger partial charge in [0.2, 0.25) is 0 Å². The Balaban J connectivity index is 3.36. The van der Waals surface area contributed by atoms with Crippen LogP contribution in [0.2, 0.25) is 0 Å². The van der Waals surface area contributed by atoms with Gasteiger partial charge in [0.15, 0.2) is 5.75 Å². The lowest BCUT2D eigenvalue weighted by Crippen LogP contribution is -2.12. The number of aromatic hydroxyl groups is 1. The molecule has 0 spiro atoms. The third kappa shape index (κ3) is 1.18. The molecule has 4 nitrogen and oxygen atoms in total. The van der Waals surface area contributed by atoms with E-state index in [-0.39, 0.29) is 17.0 Å². The highest BCUT2D eigenvalue weighted by molar-refractivity contribution is 5.97. The molecule has 1 aromatic rings. The van der Waals surface area contributed by atoms with Crippen molar-refractivity contribution >= 4 is 11.6 Å². The van der Waals surface area contributed by atoms with Crippen LogP contribution in [-0.4, -0.2) is 11.0 Å². The number of rotatable bonds is 1. The summed E-state index contributed by atoms with van der Waals surface area (Å²) in [6.45, 7) is 1.74. The fourth-order valence-corrected chi connectivity index (χ4v) is 0.908. The van der Waals surface area contributed by atoms with E-state index in [2.05, 4.69) is 0 Å². The number of primary amides is 1. The molecule has 1 rings (SSSR count). The topological polar surface area (TPSA) is 89.3 Å². The number of hydrogen-bond acceptors (Lipinski definition) is 3. The zero-order valence-electron chi connectivity index (χ0n) is 6.66. The van der Waals surface area contributed by atoms with Gasteiger partial charge in [0.05, 0.1) is 11.3 Å². The minimum Gasteiger partial charge on any atom is -0.505 e. The highest BCUT2D eigenvalue weighted by atomic mass is 16.3. The maximum Gasteiger partial charge on any atom is 0.252 e. The van der Waals surface area contributed by atoms with Crippen LogP contribution in [-0.2, 0) is 0 Å². The first kappa shape index (κ1) is 8.39. The van der Waals surface area contributed by atoms with Crippen LogP contribution in [0.25, 0.3) is 0 Å². The normalized spacial score (nSPS) is 9.75. The Morgan fingerprint density at radius 3 is 2.58 bits per heavy atom. The average Bonchev–Trinajstić information content (AvgIpc) is 2.00. The van der Waals surface area contributed by atoms with Crippen molar-refractivity contribution in [3.8, 4) is 5.75 Å². The molecule has 0 radical (unpaired) electrons. The van der Waals surface area contributed by atoms with E-state index in [0.29, 0.717) is 0 Å². The maximum atomic E-state index is 10.7. The van der Waals surface area contributed by atoms with Crippen LogP contribution >= 0.6 is 0 Å². The lowest BCUT2D eigenvalue weighted by atomic mass is 10.1. The molecular formula is C8H10N2O2. The van der Waals surface area contributed by atoms with E-state index in [4.69, 9.17) is 11.5 Å². The summed E-state index contributed by atoms with van der Waals surface area (Å²) in [5, 5.41) is 9.32. The van der Waals surface area contributed by atoms with Crippen LogP contribution in [0.5, 0.6) is 5.75 Å². The summed E-state index contributed by atoms with van der Waals surface area (Å²) in [6.07, 6.45) is 0. The van der Waals surface area contributed by atoms with Gasteiger partial charge in [-0.2, -0.15) is 0 Å². The summed E-state index contributed by atoms with van der Waals surface area (Å²) in [7, 11) is 0. The van der Waals surface area contributed by atoms with Gasteiger partial charge in [-0.3, -0.25) is 4.79 Å². The van der Waals surface area contributed by atoms with Crippen molar-refractivity contribution in [1.82, 2.24) is 0 Å². The fourth-order valence-electron chi connectivity index (χ4n) is 0.908. The summed E-state index contributed by atoms with van der Waals surface area (Å²) >= 11 is 0. The lowest BCUT2D eigenvalue weighted by molar-refractivity contribution is 0.0998. The van der Waals surface area contributed by atoms with Gasteiger partial charge in [0, 0.05) is 0 Å². The zero-order chi connectivity index (χ0) is 9.30. The Hall–Kier alpha value is -1.71. The van der Waals surface area contributed by atoms with E-state index in [0.717, 1.165) is 5.56 Å². The molecule has 0 bridgehead atoms. The molecule has 0 unspecified atom stereocenters. The fraction of sp³-hybridized carbons (Fsp3) is 0.125. The Morgan fingerprint density at radius 1 is 1.50 bits per heavy atom. The van der Waals surface area contributed by atoms with Gasteiger partial charge in [0.25, 0.3) is 5.91 Å². The molecule has 1 amide bonds. The van der Waals surface area contributed by atoms with Crippen LogP contribution in [0.4, 0.5) is 5.69 Å². The van der Waals surface area contributed by atoms with Gasteiger partial charge in [-0.05, 0) is 18.6 Å². The van der Waals surface area contributed by atoms with Gasteiger partial charge in [-0.15, -0.1) is 0 Å². The zero-order valence-corrected chi connectivity index (χ0v) is 6.66. The van der Waals surface area contributed by atoms with Gasteiger partial charge in [0.1, 0.15) is 0 Å². The molecule has 0 saturated carbocycles. The molecule has 1 aromatic carbocycles. The molecule has 0 saturated heterocycles. The summed E-state index contributed by atoms with van der Waals surface area (Å²) in [4.78, 5) is 10.7. The van der Waals surface area contributed by atoms with Crippen molar-refractivity contribution in [2.75, 3.05) is 5.73 Å². The third-order valence-electron chi connectivity index (χ3n) is 1.70. The Labute approximate surface area is 69.8 Å². The lowest BCUT2D eigenvalue weighted by Gasteiger charge is -2.05. The van der Waals surface area contributed by atoms with Crippen molar-refractivity contribution in [1.29, 1.82) is 0 Å². The predicted octanol–water partition coefficient (Wildman–Crippen LogP) is 0.382. The summed E-state index contributed by atoms with van der Waals surface area (Å²) < 4.78 is 0. The number of phenols is 1. The number of anilines is 1. The second-order valence-corrected chi connectivity index (χ2v) is 2.56. The van der Waals surface area contributed by atoms with Crippen molar-refractivity contribution in [3.05, 3.63) is 23.3 Å². The molecule has 0 atom stereocenters. The van der Waals surface area contributed by atoms with Crippen LogP contribution < -0.4 is 11.5 Å². The number of amides is 1. The summed E-state index contributed by atoms with van der Waals surface area (Å²) in [5.41, 5.74) is 11.4. The molecule has 0 fully saturated rings.